The number of benzene rings is 1. The first-order chi connectivity index (χ1) is 11.0. The van der Waals surface area contributed by atoms with Crippen LogP contribution in [0.3, 0.4) is 0 Å². The first-order valence-corrected chi connectivity index (χ1v) is 7.44. The Labute approximate surface area is 133 Å². The molecule has 4 N–H and O–H groups in total. The molecular formula is C13H12F3N5OS. The Morgan fingerprint density at radius 3 is 2.65 bits per heavy atom. The maximum absolute atomic E-state index is 13.9. The fourth-order valence-electron chi connectivity index (χ4n) is 2.14. The van der Waals surface area contributed by atoms with E-state index in [1.165, 1.54) is 0 Å². The van der Waals surface area contributed by atoms with Crippen LogP contribution in [-0.2, 0) is 4.79 Å². The monoisotopic (exact) mass is 343 g/mol. The van der Waals surface area contributed by atoms with Crippen LogP contribution in [0.15, 0.2) is 12.1 Å². The molecule has 1 amide bonds. The molecule has 0 spiro atoms. The molecule has 23 heavy (non-hydrogen) atoms. The van der Waals surface area contributed by atoms with E-state index in [0.717, 1.165) is 11.3 Å². The standard InChI is InChI=1S/C13H12F3N5OS/c1-5-11(10-7(15)2-6(14)3-8(10)16)18-13(23-5)19-12(22)9-4-17-21-20-9/h2-3,9,17,20-21H,4H2,1H3,(H,18,19,22). The molecule has 1 unspecified atom stereocenters. The van der Waals surface area contributed by atoms with Gasteiger partial charge in [-0.25, -0.2) is 29.0 Å². The zero-order chi connectivity index (χ0) is 16.6. The number of hydrogen-bond donors (Lipinski definition) is 4. The Balaban J connectivity index is 1.88. The summed E-state index contributed by atoms with van der Waals surface area (Å²) >= 11 is 1.08. The molecule has 1 aliphatic rings. The van der Waals surface area contributed by atoms with E-state index in [1.807, 2.05) is 0 Å². The summed E-state index contributed by atoms with van der Waals surface area (Å²) in [7, 11) is 0. The van der Waals surface area contributed by atoms with Gasteiger partial charge in [0.25, 0.3) is 0 Å². The number of hydrogen-bond acceptors (Lipinski definition) is 6. The first kappa shape index (κ1) is 15.9. The van der Waals surface area contributed by atoms with Crippen LogP contribution < -0.4 is 21.7 Å². The molecule has 2 aromatic rings. The Kier molecular flexibility index (Phi) is 4.31. The van der Waals surface area contributed by atoms with Gasteiger partial charge in [-0.2, -0.15) is 5.53 Å². The molecule has 0 bridgehead atoms. The minimum atomic E-state index is -1.04. The number of nitrogens with zero attached hydrogens (tertiary/aromatic N) is 1. The predicted octanol–water partition coefficient (Wildman–Crippen LogP) is 1.46. The van der Waals surface area contributed by atoms with Crippen LogP contribution >= 0.6 is 11.3 Å². The van der Waals surface area contributed by atoms with Crippen LogP contribution in [0.25, 0.3) is 11.3 Å². The van der Waals surface area contributed by atoms with Crippen LogP contribution in [0.5, 0.6) is 0 Å². The Hall–Kier alpha value is -2.01. The molecule has 1 aromatic carbocycles. The topological polar surface area (TPSA) is 78.1 Å². The average molecular weight is 343 g/mol. The highest BCUT2D eigenvalue weighted by Crippen LogP contribution is 2.34. The van der Waals surface area contributed by atoms with Gasteiger partial charge in [0.15, 0.2) is 5.13 Å². The zero-order valence-electron chi connectivity index (χ0n) is 11.8. The second-order valence-corrected chi connectivity index (χ2v) is 6.06. The van der Waals surface area contributed by atoms with E-state index < -0.39 is 29.1 Å². The van der Waals surface area contributed by atoms with Crippen molar-refractivity contribution < 1.29 is 18.0 Å². The Bertz CT molecular complexity index is 737. The lowest BCUT2D eigenvalue weighted by Gasteiger charge is -2.07. The van der Waals surface area contributed by atoms with Gasteiger partial charge < -0.3 is 5.32 Å². The number of carbonyl (C=O) groups excluding carboxylic acids is 1. The smallest absolute Gasteiger partial charge is 0.246 e. The Morgan fingerprint density at radius 2 is 2.04 bits per heavy atom. The van der Waals surface area contributed by atoms with E-state index >= 15 is 0 Å². The molecule has 10 heteroatoms. The minimum absolute atomic E-state index is 0.0379. The largest absolute Gasteiger partial charge is 0.300 e. The van der Waals surface area contributed by atoms with Gasteiger partial charge >= 0.3 is 0 Å². The van der Waals surface area contributed by atoms with Gasteiger partial charge in [-0.15, -0.1) is 11.3 Å². The number of carbonyl (C=O) groups is 1. The molecule has 1 fully saturated rings. The van der Waals surface area contributed by atoms with Gasteiger partial charge in [0.2, 0.25) is 5.91 Å². The van der Waals surface area contributed by atoms with Gasteiger partial charge in [0.05, 0.1) is 11.3 Å². The van der Waals surface area contributed by atoms with Crippen molar-refractivity contribution >= 4 is 22.4 Å². The SMILES string of the molecule is Cc1sc(NC(=O)C2CNNN2)nc1-c1c(F)cc(F)cc1F. The van der Waals surface area contributed by atoms with E-state index in [2.05, 4.69) is 26.7 Å². The zero-order valence-corrected chi connectivity index (χ0v) is 12.7. The second kappa shape index (κ2) is 6.24. The summed E-state index contributed by atoms with van der Waals surface area (Å²) in [5.41, 5.74) is 7.64. The van der Waals surface area contributed by atoms with Gasteiger partial charge in [0.1, 0.15) is 23.5 Å². The van der Waals surface area contributed by atoms with E-state index in [-0.39, 0.29) is 16.7 Å². The summed E-state index contributed by atoms with van der Waals surface area (Å²) in [6, 6.07) is 0.687. The molecular weight excluding hydrogens is 331 g/mol. The van der Waals surface area contributed by atoms with E-state index in [1.54, 1.807) is 6.92 Å². The molecule has 1 aromatic heterocycles. The third kappa shape index (κ3) is 3.20. The number of hydrazine groups is 2. The first-order valence-electron chi connectivity index (χ1n) is 6.62. The van der Waals surface area contributed by atoms with Crippen LogP contribution in [0.1, 0.15) is 4.88 Å². The van der Waals surface area contributed by atoms with Crippen molar-refractivity contribution in [1.29, 1.82) is 0 Å². The van der Waals surface area contributed by atoms with E-state index in [9.17, 15) is 18.0 Å². The molecule has 0 radical (unpaired) electrons. The lowest BCUT2D eigenvalue weighted by atomic mass is 10.1. The van der Waals surface area contributed by atoms with Crippen molar-refractivity contribution in [2.24, 2.45) is 0 Å². The van der Waals surface area contributed by atoms with Crippen molar-refractivity contribution in [3.8, 4) is 11.3 Å². The highest BCUT2D eigenvalue weighted by atomic mass is 32.1. The number of halogens is 3. The molecule has 1 saturated heterocycles. The van der Waals surface area contributed by atoms with Gasteiger partial charge in [-0.1, -0.05) is 0 Å². The average Bonchev–Trinajstić information content (AvgIpc) is 3.08. The van der Waals surface area contributed by atoms with Crippen molar-refractivity contribution in [3.05, 3.63) is 34.5 Å². The maximum Gasteiger partial charge on any atom is 0.246 e. The molecule has 0 saturated carbocycles. The molecule has 122 valence electrons. The summed E-state index contributed by atoms with van der Waals surface area (Å²) < 4.78 is 40.7. The van der Waals surface area contributed by atoms with Crippen LogP contribution in [-0.4, -0.2) is 23.5 Å². The Morgan fingerprint density at radius 1 is 1.35 bits per heavy atom. The van der Waals surface area contributed by atoms with Gasteiger partial charge in [0, 0.05) is 23.6 Å². The predicted molar refractivity (Wildman–Crippen MR) is 78.9 cm³/mol. The van der Waals surface area contributed by atoms with Crippen molar-refractivity contribution in [3.63, 3.8) is 0 Å². The van der Waals surface area contributed by atoms with Gasteiger partial charge in [-0.05, 0) is 6.92 Å². The number of aromatic nitrogens is 1. The van der Waals surface area contributed by atoms with E-state index in [4.69, 9.17) is 0 Å². The number of nitrogens with one attached hydrogen (secondary N) is 4. The highest BCUT2D eigenvalue weighted by Gasteiger charge is 2.24. The third-order valence-corrected chi connectivity index (χ3v) is 4.11. The highest BCUT2D eigenvalue weighted by molar-refractivity contribution is 7.16. The number of anilines is 1. The summed E-state index contributed by atoms with van der Waals surface area (Å²) in [6.07, 6.45) is 0. The number of amides is 1. The molecule has 2 heterocycles. The number of aryl methyl sites for hydroxylation is 1. The van der Waals surface area contributed by atoms with Crippen LogP contribution in [0, 0.1) is 24.4 Å². The fourth-order valence-corrected chi connectivity index (χ4v) is 2.97. The number of thiazole rings is 1. The molecule has 1 aliphatic heterocycles. The van der Waals surface area contributed by atoms with Crippen molar-refractivity contribution in [1.82, 2.24) is 21.4 Å². The molecule has 1 atom stereocenters. The molecule has 3 rings (SSSR count). The quantitative estimate of drug-likeness (QED) is 0.679. The third-order valence-electron chi connectivity index (χ3n) is 3.23. The normalized spacial score (nSPS) is 17.5. The maximum atomic E-state index is 13.9. The summed E-state index contributed by atoms with van der Waals surface area (Å²) in [5, 5.41) is 2.78. The summed E-state index contributed by atoms with van der Waals surface area (Å²) in [6.45, 7) is 1.99. The minimum Gasteiger partial charge on any atom is -0.300 e. The number of rotatable bonds is 3. The fraction of sp³-hybridized carbons (Fsp3) is 0.231. The second-order valence-electron chi connectivity index (χ2n) is 4.86. The molecule has 0 aliphatic carbocycles. The van der Waals surface area contributed by atoms with Crippen molar-refractivity contribution in [2.75, 3.05) is 11.9 Å². The summed E-state index contributed by atoms with van der Waals surface area (Å²) in [4.78, 5) is 16.5. The van der Waals surface area contributed by atoms with E-state index in [0.29, 0.717) is 23.6 Å². The molecule has 6 nitrogen and oxygen atoms in total. The van der Waals surface area contributed by atoms with Crippen molar-refractivity contribution in [2.45, 2.75) is 13.0 Å². The van der Waals surface area contributed by atoms with Gasteiger partial charge in [-0.3, -0.25) is 4.79 Å². The lowest BCUT2D eigenvalue weighted by molar-refractivity contribution is -0.117. The summed E-state index contributed by atoms with van der Waals surface area (Å²) in [5.74, 6) is -3.43. The van der Waals surface area contributed by atoms with Crippen LogP contribution in [0.2, 0.25) is 0 Å². The van der Waals surface area contributed by atoms with Crippen LogP contribution in [0.4, 0.5) is 18.3 Å². The lowest BCUT2D eigenvalue weighted by Crippen LogP contribution is -2.40.